The summed E-state index contributed by atoms with van der Waals surface area (Å²) in [6, 6.07) is 19.3. The molecule has 1 aliphatic rings. The Bertz CT molecular complexity index is 641. The Labute approximate surface area is 145 Å². The van der Waals surface area contributed by atoms with E-state index < -0.39 is 0 Å². The van der Waals surface area contributed by atoms with Crippen LogP contribution in [0.2, 0.25) is 0 Å². The molecule has 126 valence electrons. The summed E-state index contributed by atoms with van der Waals surface area (Å²) in [6.45, 7) is 5.45. The highest BCUT2D eigenvalue weighted by Crippen LogP contribution is 2.11. The lowest BCUT2D eigenvalue weighted by atomic mass is 10.2. The van der Waals surface area contributed by atoms with Gasteiger partial charge in [-0.25, -0.2) is 0 Å². The van der Waals surface area contributed by atoms with Gasteiger partial charge >= 0.3 is 0 Å². The van der Waals surface area contributed by atoms with Crippen LogP contribution in [0.3, 0.4) is 0 Å². The summed E-state index contributed by atoms with van der Waals surface area (Å²) in [4.78, 5) is 3.75. The van der Waals surface area contributed by atoms with Crippen molar-refractivity contribution in [2.75, 3.05) is 45.2 Å². The molecule has 1 heterocycles. The second-order valence-electron chi connectivity index (χ2n) is 6.60. The Kier molecular flexibility index (Phi) is 5.49. The third kappa shape index (κ3) is 4.59. The fraction of sp³-hybridized carbons (Fsp3) is 0.350. The average molecular weight is 323 g/mol. The minimum Gasteiger partial charge on any atom is -0.378 e. The van der Waals surface area contributed by atoms with Gasteiger partial charge in [0, 0.05) is 25.3 Å². The maximum atomic E-state index is 4.65. The van der Waals surface area contributed by atoms with Crippen LogP contribution < -0.4 is 9.80 Å². The van der Waals surface area contributed by atoms with Gasteiger partial charge in [-0.15, -0.1) is 0 Å². The highest BCUT2D eigenvalue weighted by atomic mass is 15.5. The van der Waals surface area contributed by atoms with Crippen molar-refractivity contribution in [2.24, 2.45) is 5.10 Å². The van der Waals surface area contributed by atoms with Crippen molar-refractivity contribution < 1.29 is 4.90 Å². The van der Waals surface area contributed by atoms with E-state index in [0.717, 1.165) is 38.3 Å². The third-order valence-corrected chi connectivity index (χ3v) is 4.52. The number of hydrogen-bond donors (Lipinski definition) is 1. The van der Waals surface area contributed by atoms with E-state index >= 15 is 0 Å². The van der Waals surface area contributed by atoms with Gasteiger partial charge in [0.05, 0.1) is 32.4 Å². The predicted octanol–water partition coefficient (Wildman–Crippen LogP) is 1.49. The van der Waals surface area contributed by atoms with E-state index in [1.807, 2.05) is 6.21 Å². The number of piperazine rings is 1. The molecule has 0 unspecified atom stereocenters. The molecule has 0 spiro atoms. The zero-order chi connectivity index (χ0) is 16.8. The zero-order valence-corrected chi connectivity index (χ0v) is 14.7. The van der Waals surface area contributed by atoms with Crippen molar-refractivity contribution in [3.8, 4) is 0 Å². The first-order valence-electron chi connectivity index (χ1n) is 8.64. The van der Waals surface area contributed by atoms with Crippen LogP contribution in [0.5, 0.6) is 0 Å². The number of benzene rings is 2. The van der Waals surface area contributed by atoms with Crippen LogP contribution in [-0.4, -0.2) is 51.5 Å². The first-order chi connectivity index (χ1) is 11.7. The predicted molar refractivity (Wildman–Crippen MR) is 101 cm³/mol. The SMILES string of the molecule is CN(C)c1ccc(/C=N\N2CC[NH+](Cc3ccccc3)CC2)cc1. The van der Waals surface area contributed by atoms with Gasteiger partial charge in [-0.1, -0.05) is 42.5 Å². The summed E-state index contributed by atoms with van der Waals surface area (Å²) >= 11 is 0. The van der Waals surface area contributed by atoms with Gasteiger partial charge in [-0.3, -0.25) is 5.01 Å². The van der Waals surface area contributed by atoms with Crippen molar-refractivity contribution in [3.63, 3.8) is 0 Å². The summed E-state index contributed by atoms with van der Waals surface area (Å²) in [6.07, 6.45) is 1.97. The fourth-order valence-corrected chi connectivity index (χ4v) is 2.99. The summed E-state index contributed by atoms with van der Waals surface area (Å²) in [5.41, 5.74) is 3.79. The van der Waals surface area contributed by atoms with Gasteiger partial charge < -0.3 is 9.80 Å². The molecule has 1 N–H and O–H groups in total. The average Bonchev–Trinajstić information content (AvgIpc) is 2.62. The van der Waals surface area contributed by atoms with Crippen LogP contribution in [0.25, 0.3) is 0 Å². The van der Waals surface area contributed by atoms with E-state index in [1.54, 1.807) is 4.90 Å². The number of quaternary nitrogens is 1. The normalized spacial score (nSPS) is 15.8. The molecule has 24 heavy (non-hydrogen) atoms. The van der Waals surface area contributed by atoms with E-state index in [0.29, 0.717) is 0 Å². The molecule has 0 saturated carbocycles. The number of rotatable bonds is 5. The second-order valence-corrected chi connectivity index (χ2v) is 6.60. The van der Waals surface area contributed by atoms with E-state index in [-0.39, 0.29) is 0 Å². The van der Waals surface area contributed by atoms with Crippen molar-refractivity contribution in [3.05, 3.63) is 65.7 Å². The van der Waals surface area contributed by atoms with Crippen LogP contribution in [-0.2, 0) is 6.54 Å². The summed E-state index contributed by atoms with van der Waals surface area (Å²) in [7, 11) is 4.11. The van der Waals surface area contributed by atoms with E-state index in [9.17, 15) is 0 Å². The molecule has 0 aromatic heterocycles. The smallest absolute Gasteiger partial charge is 0.103 e. The highest BCUT2D eigenvalue weighted by Gasteiger charge is 2.18. The molecule has 1 fully saturated rings. The summed E-state index contributed by atoms with van der Waals surface area (Å²) < 4.78 is 0. The summed E-state index contributed by atoms with van der Waals surface area (Å²) in [5, 5.41) is 6.84. The standard InChI is InChI=1S/C20H26N4/c1-22(2)20-10-8-18(9-11-20)16-21-24-14-12-23(13-15-24)17-19-6-4-3-5-7-19/h3-11,16H,12-15,17H2,1-2H3/p+1/b21-16-. The quantitative estimate of drug-likeness (QED) is 0.843. The summed E-state index contributed by atoms with van der Waals surface area (Å²) in [5.74, 6) is 0. The first kappa shape index (κ1) is 16.5. The van der Waals surface area contributed by atoms with E-state index in [1.165, 1.54) is 11.3 Å². The molecular weight excluding hydrogens is 296 g/mol. The molecule has 0 radical (unpaired) electrons. The van der Waals surface area contributed by atoms with E-state index in [4.69, 9.17) is 0 Å². The maximum absolute atomic E-state index is 4.65. The van der Waals surface area contributed by atoms with Crippen molar-refractivity contribution >= 4 is 11.9 Å². The molecule has 0 aliphatic carbocycles. The van der Waals surface area contributed by atoms with Gasteiger partial charge in [0.1, 0.15) is 6.54 Å². The van der Waals surface area contributed by atoms with Gasteiger partial charge in [0.15, 0.2) is 0 Å². The fourth-order valence-electron chi connectivity index (χ4n) is 2.99. The minimum atomic E-state index is 1.02. The van der Waals surface area contributed by atoms with Crippen LogP contribution in [0.4, 0.5) is 5.69 Å². The molecule has 1 aliphatic heterocycles. The van der Waals surface area contributed by atoms with Gasteiger partial charge in [0.2, 0.25) is 0 Å². The largest absolute Gasteiger partial charge is 0.378 e. The Morgan fingerprint density at radius 3 is 2.29 bits per heavy atom. The number of anilines is 1. The van der Waals surface area contributed by atoms with Crippen LogP contribution in [0, 0.1) is 0 Å². The Hall–Kier alpha value is -2.33. The highest BCUT2D eigenvalue weighted by molar-refractivity contribution is 5.80. The molecule has 1 saturated heterocycles. The molecule has 0 bridgehead atoms. The van der Waals surface area contributed by atoms with Crippen LogP contribution in [0.1, 0.15) is 11.1 Å². The molecule has 2 aromatic rings. The van der Waals surface area contributed by atoms with Gasteiger partial charge in [-0.05, 0) is 17.7 Å². The molecule has 4 nitrogen and oxygen atoms in total. The molecule has 3 rings (SSSR count). The van der Waals surface area contributed by atoms with Crippen LogP contribution >= 0.6 is 0 Å². The first-order valence-corrected chi connectivity index (χ1v) is 8.64. The number of hydrogen-bond acceptors (Lipinski definition) is 3. The minimum absolute atomic E-state index is 1.02. The Morgan fingerprint density at radius 1 is 1.00 bits per heavy atom. The lowest BCUT2D eigenvalue weighted by Gasteiger charge is -2.30. The van der Waals surface area contributed by atoms with Gasteiger partial charge in [-0.2, -0.15) is 5.10 Å². The topological polar surface area (TPSA) is 23.3 Å². The zero-order valence-electron chi connectivity index (χ0n) is 14.7. The number of nitrogens with one attached hydrogen (secondary N) is 1. The van der Waals surface area contributed by atoms with Crippen LogP contribution in [0.15, 0.2) is 59.7 Å². The molecule has 2 aromatic carbocycles. The van der Waals surface area contributed by atoms with Crippen molar-refractivity contribution in [2.45, 2.75) is 6.54 Å². The molecule has 0 amide bonds. The monoisotopic (exact) mass is 323 g/mol. The Balaban J connectivity index is 1.48. The third-order valence-electron chi connectivity index (χ3n) is 4.52. The lowest BCUT2D eigenvalue weighted by Crippen LogP contribution is -3.13. The maximum Gasteiger partial charge on any atom is 0.103 e. The van der Waals surface area contributed by atoms with Gasteiger partial charge in [0.25, 0.3) is 0 Å². The lowest BCUT2D eigenvalue weighted by molar-refractivity contribution is -0.918. The number of hydrazone groups is 1. The molecule has 0 atom stereocenters. The van der Waals surface area contributed by atoms with Crippen molar-refractivity contribution in [1.29, 1.82) is 0 Å². The van der Waals surface area contributed by atoms with E-state index in [2.05, 4.69) is 83.7 Å². The second kappa shape index (κ2) is 7.97. The number of nitrogens with zero attached hydrogens (tertiary/aromatic N) is 3. The van der Waals surface area contributed by atoms with Crippen molar-refractivity contribution in [1.82, 2.24) is 5.01 Å². The molecule has 4 heteroatoms. The molecular formula is C20H27N4+. The Morgan fingerprint density at radius 2 is 1.67 bits per heavy atom.